The lowest BCUT2D eigenvalue weighted by molar-refractivity contribution is -0.132. The first kappa shape index (κ1) is 17.1. The van der Waals surface area contributed by atoms with E-state index in [-0.39, 0.29) is 24.9 Å². The summed E-state index contributed by atoms with van der Waals surface area (Å²) in [5.74, 6) is 2.67. The highest BCUT2D eigenvalue weighted by molar-refractivity contribution is 5.85. The predicted molar refractivity (Wildman–Crippen MR) is 89.7 cm³/mol. The second-order valence-corrected chi connectivity index (χ2v) is 6.49. The van der Waals surface area contributed by atoms with Gasteiger partial charge in [0.05, 0.1) is 0 Å². The van der Waals surface area contributed by atoms with Gasteiger partial charge in [0, 0.05) is 26.2 Å². The van der Waals surface area contributed by atoms with E-state index in [1.807, 2.05) is 17.0 Å². The minimum Gasteiger partial charge on any atom is -0.484 e. The number of hydrogen-bond donors (Lipinski definition) is 1. The van der Waals surface area contributed by atoms with Crippen molar-refractivity contribution in [2.24, 2.45) is 11.8 Å². The molecule has 4 nitrogen and oxygen atoms in total. The zero-order valence-corrected chi connectivity index (χ0v) is 14.1. The number of hydrogen-bond acceptors (Lipinski definition) is 3. The fourth-order valence-corrected chi connectivity index (χ4v) is 3.24. The summed E-state index contributed by atoms with van der Waals surface area (Å²) in [4.78, 5) is 14.2. The maximum absolute atomic E-state index is 12.2. The van der Waals surface area contributed by atoms with Gasteiger partial charge in [-0.15, -0.1) is 12.4 Å². The zero-order chi connectivity index (χ0) is 14.8. The molecule has 22 heavy (non-hydrogen) atoms. The monoisotopic (exact) mass is 324 g/mol. The van der Waals surface area contributed by atoms with Gasteiger partial charge in [0.15, 0.2) is 6.61 Å². The average molecular weight is 325 g/mol. The summed E-state index contributed by atoms with van der Waals surface area (Å²) in [6.07, 6.45) is 0. The molecular weight excluding hydrogens is 300 g/mol. The molecule has 5 heteroatoms. The highest BCUT2D eigenvalue weighted by atomic mass is 35.5. The van der Waals surface area contributed by atoms with Gasteiger partial charge in [-0.2, -0.15) is 0 Å². The molecule has 1 amide bonds. The summed E-state index contributed by atoms with van der Waals surface area (Å²) < 4.78 is 5.63. The van der Waals surface area contributed by atoms with Crippen LogP contribution in [0.5, 0.6) is 5.75 Å². The Labute approximate surface area is 138 Å². The van der Waals surface area contributed by atoms with Crippen molar-refractivity contribution in [1.29, 1.82) is 0 Å². The zero-order valence-electron chi connectivity index (χ0n) is 13.2. The number of ether oxygens (including phenoxy) is 1. The molecule has 2 aliphatic rings. The van der Waals surface area contributed by atoms with Gasteiger partial charge in [0.25, 0.3) is 5.91 Å². The molecule has 2 atom stereocenters. The molecule has 122 valence electrons. The Morgan fingerprint density at radius 2 is 1.82 bits per heavy atom. The Balaban J connectivity index is 0.00000176. The fraction of sp³-hybridized carbons (Fsp3) is 0.588. The number of likely N-dealkylation sites (tertiary alicyclic amines) is 1. The van der Waals surface area contributed by atoms with E-state index in [2.05, 4.69) is 31.3 Å². The van der Waals surface area contributed by atoms with Gasteiger partial charge in [0.1, 0.15) is 5.75 Å². The highest BCUT2D eigenvalue weighted by Crippen LogP contribution is 2.26. The minimum absolute atomic E-state index is 0. The van der Waals surface area contributed by atoms with E-state index in [1.165, 1.54) is 5.56 Å². The number of nitrogens with one attached hydrogen (secondary N) is 1. The van der Waals surface area contributed by atoms with E-state index in [4.69, 9.17) is 4.74 Å². The number of halogens is 1. The maximum Gasteiger partial charge on any atom is 0.260 e. The normalized spacial score (nSPS) is 23.3. The lowest BCUT2D eigenvalue weighted by Gasteiger charge is -2.18. The van der Waals surface area contributed by atoms with Gasteiger partial charge in [-0.3, -0.25) is 4.79 Å². The number of carbonyl (C=O) groups excluding carboxylic acids is 1. The molecule has 0 radical (unpaired) electrons. The van der Waals surface area contributed by atoms with Crippen LogP contribution in [0.1, 0.15) is 25.3 Å². The molecule has 1 aromatic rings. The first-order valence-electron chi connectivity index (χ1n) is 7.84. The van der Waals surface area contributed by atoms with E-state index in [0.717, 1.165) is 31.9 Å². The molecule has 0 saturated carbocycles. The van der Waals surface area contributed by atoms with Crippen molar-refractivity contribution in [1.82, 2.24) is 10.2 Å². The molecule has 0 aliphatic carbocycles. The standard InChI is InChI=1S/C17H24N2O2.ClH/c1-12(2)13-3-5-16(6-4-13)21-11-17(20)19-9-14-7-18-8-15(14)10-19;/h3-6,12,14-15,18H,7-11H2,1-2H3;1H/t14-,15+;. The van der Waals surface area contributed by atoms with Gasteiger partial charge in [-0.05, 0) is 35.4 Å². The number of rotatable bonds is 4. The van der Waals surface area contributed by atoms with Crippen LogP contribution >= 0.6 is 12.4 Å². The third-order valence-corrected chi connectivity index (χ3v) is 4.65. The summed E-state index contributed by atoms with van der Waals surface area (Å²) in [6.45, 7) is 8.33. The van der Waals surface area contributed by atoms with Crippen LogP contribution in [0.25, 0.3) is 0 Å². The number of benzene rings is 1. The van der Waals surface area contributed by atoms with E-state index < -0.39 is 0 Å². The summed E-state index contributed by atoms with van der Waals surface area (Å²) in [5, 5.41) is 3.39. The van der Waals surface area contributed by atoms with Gasteiger partial charge in [-0.25, -0.2) is 0 Å². The Morgan fingerprint density at radius 3 is 2.36 bits per heavy atom. The van der Waals surface area contributed by atoms with Gasteiger partial charge in [0.2, 0.25) is 0 Å². The quantitative estimate of drug-likeness (QED) is 0.924. The highest BCUT2D eigenvalue weighted by Gasteiger charge is 2.37. The third kappa shape index (κ3) is 3.73. The Kier molecular flexibility index (Phi) is 5.70. The van der Waals surface area contributed by atoms with Crippen LogP contribution in [0.15, 0.2) is 24.3 Å². The maximum atomic E-state index is 12.2. The van der Waals surface area contributed by atoms with E-state index in [1.54, 1.807) is 0 Å². The number of nitrogens with zero attached hydrogens (tertiary/aromatic N) is 1. The Morgan fingerprint density at radius 1 is 1.23 bits per heavy atom. The Bertz CT molecular complexity index is 492. The lowest BCUT2D eigenvalue weighted by atomic mass is 10.0. The van der Waals surface area contributed by atoms with E-state index in [0.29, 0.717) is 17.8 Å². The van der Waals surface area contributed by atoms with Crippen LogP contribution in [-0.4, -0.2) is 43.6 Å². The molecule has 1 aromatic carbocycles. The van der Waals surface area contributed by atoms with Crippen LogP contribution in [0.4, 0.5) is 0 Å². The van der Waals surface area contributed by atoms with Crippen molar-refractivity contribution in [2.45, 2.75) is 19.8 Å². The molecule has 1 N–H and O–H groups in total. The van der Waals surface area contributed by atoms with Gasteiger partial charge in [-0.1, -0.05) is 26.0 Å². The van der Waals surface area contributed by atoms with Gasteiger partial charge < -0.3 is 15.0 Å². The summed E-state index contributed by atoms with van der Waals surface area (Å²) in [6, 6.07) is 8.03. The third-order valence-electron chi connectivity index (χ3n) is 4.65. The fourth-order valence-electron chi connectivity index (χ4n) is 3.24. The molecule has 3 rings (SSSR count). The smallest absolute Gasteiger partial charge is 0.260 e. The Hall–Kier alpha value is -1.26. The molecule has 2 fully saturated rings. The summed E-state index contributed by atoms with van der Waals surface area (Å²) in [7, 11) is 0. The number of amides is 1. The van der Waals surface area contributed by atoms with Crippen molar-refractivity contribution < 1.29 is 9.53 Å². The number of carbonyl (C=O) groups is 1. The first-order valence-corrected chi connectivity index (χ1v) is 7.84. The molecule has 0 unspecified atom stereocenters. The average Bonchev–Trinajstić information content (AvgIpc) is 3.06. The molecule has 2 saturated heterocycles. The molecule has 0 spiro atoms. The van der Waals surface area contributed by atoms with E-state index >= 15 is 0 Å². The van der Waals surface area contributed by atoms with Crippen LogP contribution in [-0.2, 0) is 4.79 Å². The molecule has 0 aromatic heterocycles. The van der Waals surface area contributed by atoms with Crippen LogP contribution in [0.3, 0.4) is 0 Å². The van der Waals surface area contributed by atoms with E-state index in [9.17, 15) is 4.79 Å². The molecule has 2 heterocycles. The molecule has 2 aliphatic heterocycles. The van der Waals surface area contributed by atoms with Gasteiger partial charge >= 0.3 is 0 Å². The van der Waals surface area contributed by atoms with Crippen LogP contribution < -0.4 is 10.1 Å². The molecular formula is C17H25ClN2O2. The van der Waals surface area contributed by atoms with Crippen molar-refractivity contribution in [3.8, 4) is 5.75 Å². The summed E-state index contributed by atoms with van der Waals surface area (Å²) >= 11 is 0. The van der Waals surface area contributed by atoms with Crippen molar-refractivity contribution in [3.05, 3.63) is 29.8 Å². The second-order valence-electron chi connectivity index (χ2n) is 6.49. The van der Waals surface area contributed by atoms with Crippen LogP contribution in [0, 0.1) is 11.8 Å². The van der Waals surface area contributed by atoms with Crippen molar-refractivity contribution >= 4 is 18.3 Å². The minimum atomic E-state index is 0. The lowest BCUT2D eigenvalue weighted by Crippen LogP contribution is -2.35. The largest absolute Gasteiger partial charge is 0.484 e. The topological polar surface area (TPSA) is 41.6 Å². The summed E-state index contributed by atoms with van der Waals surface area (Å²) in [5.41, 5.74) is 1.29. The molecule has 0 bridgehead atoms. The SMILES string of the molecule is CC(C)c1ccc(OCC(=O)N2C[C@H]3CNC[C@H]3C2)cc1.Cl. The van der Waals surface area contributed by atoms with Crippen molar-refractivity contribution in [3.63, 3.8) is 0 Å². The first-order chi connectivity index (χ1) is 10.1. The van der Waals surface area contributed by atoms with Crippen LogP contribution in [0.2, 0.25) is 0 Å². The van der Waals surface area contributed by atoms with Crippen molar-refractivity contribution in [2.75, 3.05) is 32.8 Å². The number of fused-ring (bicyclic) bond motifs is 1. The predicted octanol–water partition coefficient (Wildman–Crippen LogP) is 2.29. The second kappa shape index (κ2) is 7.34.